The predicted molar refractivity (Wildman–Crippen MR) is 159 cm³/mol. The summed E-state index contributed by atoms with van der Waals surface area (Å²) in [5.74, 6) is -0.248. The third-order valence-electron chi connectivity index (χ3n) is 6.30. The first-order valence-corrected chi connectivity index (χ1v) is 13.2. The van der Waals surface area contributed by atoms with Crippen molar-refractivity contribution in [2.45, 2.75) is 52.8 Å². The van der Waals surface area contributed by atoms with Crippen LogP contribution in [-0.2, 0) is 29.0 Å². The van der Waals surface area contributed by atoms with Crippen molar-refractivity contribution in [1.29, 1.82) is 0 Å². The summed E-state index contributed by atoms with van der Waals surface area (Å²) in [5.41, 5.74) is 6.80. The highest BCUT2D eigenvalue weighted by molar-refractivity contribution is 5.85. The van der Waals surface area contributed by atoms with Gasteiger partial charge in [0.25, 0.3) is 0 Å². The number of carbonyl (C=O) groups excluding carboxylic acids is 1. The van der Waals surface area contributed by atoms with Gasteiger partial charge >= 0.3 is 12.1 Å². The number of hydrogen-bond acceptors (Lipinski definition) is 6. The molecule has 0 fully saturated rings. The number of rotatable bonds is 12. The maximum absolute atomic E-state index is 12.0. The second kappa shape index (κ2) is 14.9. The van der Waals surface area contributed by atoms with E-state index in [4.69, 9.17) is 19.7 Å². The van der Waals surface area contributed by atoms with E-state index in [1.165, 1.54) is 0 Å². The molecule has 2 heterocycles. The van der Waals surface area contributed by atoms with Crippen LogP contribution in [0.25, 0.3) is 22.4 Å². The van der Waals surface area contributed by atoms with Gasteiger partial charge in [-0.1, -0.05) is 30.3 Å². The molecule has 216 valence electrons. The van der Waals surface area contributed by atoms with Gasteiger partial charge in [0.05, 0.1) is 18.3 Å². The number of hydrogen-bond donors (Lipinski definition) is 2. The molecule has 2 N–H and O–H groups in total. The summed E-state index contributed by atoms with van der Waals surface area (Å²) in [7, 11) is 0. The highest BCUT2D eigenvalue weighted by Gasteiger charge is 2.12. The molecule has 10 heteroatoms. The zero-order valence-electron chi connectivity index (χ0n) is 23.4. The molecule has 0 unspecified atom stereocenters. The molecule has 2 aromatic heterocycles. The van der Waals surface area contributed by atoms with Crippen LogP contribution in [0, 0.1) is 6.92 Å². The first kappa shape index (κ1) is 31.2. The number of aromatic nitrogens is 3. The number of nitrogens with zero attached hydrogens (tertiary/aromatic N) is 3. The fourth-order valence-electron chi connectivity index (χ4n) is 4.27. The lowest BCUT2D eigenvalue weighted by Crippen LogP contribution is -2.26. The number of carbonyl (C=O) groups is 2. The topological polar surface area (TPSA) is 116 Å². The smallest absolute Gasteiger partial charge is 0.407 e. The van der Waals surface area contributed by atoms with Crippen LogP contribution in [0.15, 0.2) is 73.1 Å². The predicted octanol–water partition coefficient (Wildman–Crippen LogP) is 6.07. The number of aliphatic carboxylic acids is 1. The Kier molecular flexibility index (Phi) is 11.3. The highest BCUT2D eigenvalue weighted by Crippen LogP contribution is 2.25. The molecule has 0 aliphatic carbocycles. The summed E-state index contributed by atoms with van der Waals surface area (Å²) in [4.78, 5) is 27.1. The fraction of sp³-hybridized carbons (Fsp3) is 0.290. The van der Waals surface area contributed by atoms with Crippen LogP contribution in [0.5, 0.6) is 5.75 Å². The van der Waals surface area contributed by atoms with E-state index in [1.54, 1.807) is 26.2 Å². The third-order valence-corrected chi connectivity index (χ3v) is 6.30. The van der Waals surface area contributed by atoms with E-state index in [0.29, 0.717) is 25.3 Å². The summed E-state index contributed by atoms with van der Waals surface area (Å²) in [6.07, 6.45) is 3.15. The van der Waals surface area contributed by atoms with Crippen molar-refractivity contribution in [2.75, 3.05) is 6.61 Å². The lowest BCUT2D eigenvalue weighted by molar-refractivity contribution is -0.136. The average Bonchev–Trinajstić information content (AvgIpc) is 3.31. The Labute approximate surface area is 245 Å². The van der Waals surface area contributed by atoms with Crippen molar-refractivity contribution in [3.63, 3.8) is 0 Å². The van der Waals surface area contributed by atoms with Crippen molar-refractivity contribution >= 4 is 24.5 Å². The molecule has 1 amide bonds. The molecule has 2 aromatic carbocycles. The zero-order chi connectivity index (χ0) is 28.5. The van der Waals surface area contributed by atoms with Gasteiger partial charge in [0.2, 0.25) is 0 Å². The molecule has 41 heavy (non-hydrogen) atoms. The quantitative estimate of drug-likeness (QED) is 0.209. The standard InChI is InChI=1S/C31H34N4O5.ClH/c1-21(2)40-31(38)33-20-27-19-28(10-8-24(27)9-11-30(36)37)39-17-16-35-22(3)18-29(34-35)26-6-4-23(5-7-26)25-12-14-32-15-13-25;/h4-8,10,12-15,18-19,21H,9,11,16-17,20H2,1-3H3,(H,33,38)(H,36,37);1H. The lowest BCUT2D eigenvalue weighted by atomic mass is 10.0. The van der Waals surface area contributed by atoms with Crippen molar-refractivity contribution in [3.8, 4) is 28.1 Å². The van der Waals surface area contributed by atoms with E-state index < -0.39 is 12.1 Å². The van der Waals surface area contributed by atoms with Gasteiger partial charge in [-0.05, 0) is 79.8 Å². The van der Waals surface area contributed by atoms with Gasteiger partial charge in [0, 0.05) is 36.6 Å². The Morgan fingerprint density at radius 2 is 1.63 bits per heavy atom. The van der Waals surface area contributed by atoms with Crippen LogP contribution in [0.4, 0.5) is 4.79 Å². The zero-order valence-corrected chi connectivity index (χ0v) is 24.2. The van der Waals surface area contributed by atoms with E-state index in [0.717, 1.165) is 39.2 Å². The van der Waals surface area contributed by atoms with E-state index in [1.807, 2.05) is 41.9 Å². The van der Waals surface area contributed by atoms with E-state index in [-0.39, 0.29) is 31.5 Å². The number of halogens is 1. The highest BCUT2D eigenvalue weighted by atomic mass is 35.5. The average molecular weight is 579 g/mol. The van der Waals surface area contributed by atoms with Crippen LogP contribution < -0.4 is 10.1 Å². The molecule has 0 aliphatic heterocycles. The molecule has 0 radical (unpaired) electrons. The number of benzene rings is 2. The molecule has 4 aromatic rings. The Morgan fingerprint density at radius 1 is 0.951 bits per heavy atom. The normalized spacial score (nSPS) is 10.6. The molecule has 0 spiro atoms. The number of pyridine rings is 1. The summed E-state index contributed by atoms with van der Waals surface area (Å²) < 4.78 is 13.1. The van der Waals surface area contributed by atoms with Crippen LogP contribution >= 0.6 is 12.4 Å². The molecule has 0 bridgehead atoms. The van der Waals surface area contributed by atoms with Crippen LogP contribution in [0.3, 0.4) is 0 Å². The largest absolute Gasteiger partial charge is 0.492 e. The molecule has 0 saturated heterocycles. The van der Waals surface area contributed by atoms with Crippen LogP contribution in [0.2, 0.25) is 0 Å². The van der Waals surface area contributed by atoms with Gasteiger partial charge in [-0.15, -0.1) is 12.4 Å². The summed E-state index contributed by atoms with van der Waals surface area (Å²) in [6.45, 7) is 6.71. The lowest BCUT2D eigenvalue weighted by Gasteiger charge is -2.14. The van der Waals surface area contributed by atoms with Gasteiger partial charge < -0.3 is 19.9 Å². The number of nitrogens with one attached hydrogen (secondary N) is 1. The summed E-state index contributed by atoms with van der Waals surface area (Å²) in [5, 5.41) is 16.6. The minimum atomic E-state index is -0.878. The van der Waals surface area contributed by atoms with E-state index in [2.05, 4.69) is 40.6 Å². The van der Waals surface area contributed by atoms with E-state index in [9.17, 15) is 9.59 Å². The Bertz CT molecular complexity index is 1440. The Hall–Kier alpha value is -4.37. The number of amides is 1. The van der Waals surface area contributed by atoms with Crippen molar-refractivity contribution in [2.24, 2.45) is 0 Å². The maximum Gasteiger partial charge on any atom is 0.407 e. The second-order valence-electron chi connectivity index (χ2n) is 9.69. The first-order chi connectivity index (χ1) is 19.3. The number of ether oxygens (including phenoxy) is 2. The molecule has 0 saturated carbocycles. The monoisotopic (exact) mass is 578 g/mol. The first-order valence-electron chi connectivity index (χ1n) is 13.2. The van der Waals surface area contributed by atoms with Crippen LogP contribution in [-0.4, -0.2) is 44.6 Å². The van der Waals surface area contributed by atoms with Gasteiger partial charge in [-0.3, -0.25) is 14.5 Å². The summed E-state index contributed by atoms with van der Waals surface area (Å²) >= 11 is 0. The maximum atomic E-state index is 12.0. The van der Waals surface area contributed by atoms with Crippen molar-refractivity contribution in [1.82, 2.24) is 20.1 Å². The number of carboxylic acids is 1. The SMILES string of the molecule is Cc1cc(-c2ccc(-c3ccncc3)cc2)nn1CCOc1ccc(CCC(=O)O)c(CNC(=O)OC(C)C)c1.Cl. The Morgan fingerprint density at radius 3 is 2.32 bits per heavy atom. The second-order valence-corrected chi connectivity index (χ2v) is 9.69. The van der Waals surface area contributed by atoms with E-state index >= 15 is 0 Å². The summed E-state index contributed by atoms with van der Waals surface area (Å²) in [6, 6.07) is 19.8. The van der Waals surface area contributed by atoms with Gasteiger partial charge in [0.1, 0.15) is 12.4 Å². The third kappa shape index (κ3) is 9.08. The fourth-order valence-corrected chi connectivity index (χ4v) is 4.27. The molecule has 0 atom stereocenters. The van der Waals surface area contributed by atoms with Gasteiger partial charge in [0.15, 0.2) is 0 Å². The minimum Gasteiger partial charge on any atom is -0.492 e. The molecule has 4 rings (SSSR count). The molecular weight excluding hydrogens is 544 g/mol. The van der Waals surface area contributed by atoms with Crippen molar-refractivity contribution < 1.29 is 24.2 Å². The van der Waals surface area contributed by atoms with Crippen molar-refractivity contribution in [3.05, 3.63) is 89.9 Å². The molecule has 9 nitrogen and oxygen atoms in total. The van der Waals surface area contributed by atoms with Gasteiger partial charge in [-0.25, -0.2) is 4.79 Å². The molecule has 0 aliphatic rings. The number of aryl methyl sites for hydroxylation is 2. The van der Waals surface area contributed by atoms with Crippen LogP contribution in [0.1, 0.15) is 37.1 Å². The number of alkyl carbamates (subject to hydrolysis) is 1. The molecular formula is C31H35ClN4O5. The number of carboxylic acid groups (broad SMARTS) is 1. The Balaban J connectivity index is 0.00000462. The van der Waals surface area contributed by atoms with Gasteiger partial charge in [-0.2, -0.15) is 5.10 Å². The minimum absolute atomic E-state index is 0.